The highest BCUT2D eigenvalue weighted by atomic mass is 32.2. The summed E-state index contributed by atoms with van der Waals surface area (Å²) in [5.74, 6) is -0.626. The van der Waals surface area contributed by atoms with E-state index >= 15 is 4.39 Å². The monoisotopic (exact) mass is 465 g/mol. The van der Waals surface area contributed by atoms with Crippen molar-refractivity contribution in [1.29, 1.82) is 0 Å². The molecule has 1 fully saturated rings. The van der Waals surface area contributed by atoms with Crippen LogP contribution in [0.2, 0.25) is 0 Å². The molecule has 4 nitrogen and oxygen atoms in total. The van der Waals surface area contributed by atoms with Crippen LogP contribution in [0.3, 0.4) is 0 Å². The number of nitrogens with zero attached hydrogens (tertiary/aromatic N) is 2. The summed E-state index contributed by atoms with van der Waals surface area (Å²) in [7, 11) is -1.15. The van der Waals surface area contributed by atoms with E-state index < -0.39 is 28.5 Å². The fourth-order valence-corrected chi connectivity index (χ4v) is 5.40. The van der Waals surface area contributed by atoms with Gasteiger partial charge in [-0.15, -0.1) is 0 Å². The predicted octanol–water partition coefficient (Wildman–Crippen LogP) is 5.36. The first-order valence-electron chi connectivity index (χ1n) is 10.7. The lowest BCUT2D eigenvalue weighted by atomic mass is 9.95. The number of fused-ring (bicyclic) bond motifs is 5. The molecule has 2 aromatic heterocycles. The van der Waals surface area contributed by atoms with Gasteiger partial charge in [0.2, 0.25) is 0 Å². The third kappa shape index (κ3) is 4.08. The summed E-state index contributed by atoms with van der Waals surface area (Å²) in [6, 6.07) is 5.34. The Hall–Kier alpha value is -2.26. The number of hydrogen-bond acceptors (Lipinski definition) is 2. The lowest BCUT2D eigenvalue weighted by Gasteiger charge is -2.18. The van der Waals surface area contributed by atoms with Gasteiger partial charge in [-0.2, -0.15) is 13.2 Å². The van der Waals surface area contributed by atoms with Crippen molar-refractivity contribution in [2.24, 2.45) is 5.92 Å². The minimum Gasteiger partial charge on any atom is -0.332 e. The van der Waals surface area contributed by atoms with Crippen molar-refractivity contribution in [3.05, 3.63) is 53.0 Å². The summed E-state index contributed by atoms with van der Waals surface area (Å²) in [4.78, 5) is 4.41. The Morgan fingerprint density at radius 3 is 2.72 bits per heavy atom. The van der Waals surface area contributed by atoms with Gasteiger partial charge >= 0.3 is 6.18 Å². The quantitative estimate of drug-likeness (QED) is 0.528. The van der Waals surface area contributed by atoms with Crippen LogP contribution in [0, 0.1) is 11.7 Å². The SMILES string of the molecule is CC1CCc2ccc(c(C(F)(F)F)c2)-c2nc3c(cc2F)c(CNS(=O)C2CC2)cn3C1. The summed E-state index contributed by atoms with van der Waals surface area (Å²) in [5.41, 5.74) is 0.338. The van der Waals surface area contributed by atoms with Gasteiger partial charge in [-0.25, -0.2) is 18.3 Å². The summed E-state index contributed by atoms with van der Waals surface area (Å²) in [5, 5.41) is 0.691. The Morgan fingerprint density at radius 2 is 2.00 bits per heavy atom. The zero-order chi connectivity index (χ0) is 22.6. The summed E-state index contributed by atoms with van der Waals surface area (Å²) >= 11 is 0. The fourth-order valence-electron chi connectivity index (χ4n) is 4.30. The van der Waals surface area contributed by atoms with Gasteiger partial charge in [-0.3, -0.25) is 0 Å². The van der Waals surface area contributed by atoms with E-state index in [1.807, 2.05) is 17.7 Å². The highest BCUT2D eigenvalue weighted by Crippen LogP contribution is 2.39. The summed E-state index contributed by atoms with van der Waals surface area (Å²) in [6.45, 7) is 2.94. The van der Waals surface area contributed by atoms with Gasteiger partial charge in [-0.1, -0.05) is 19.1 Å². The molecule has 4 heterocycles. The first-order valence-corrected chi connectivity index (χ1v) is 11.9. The van der Waals surface area contributed by atoms with Gasteiger partial charge in [0.15, 0.2) is 0 Å². The molecule has 9 heteroatoms. The van der Waals surface area contributed by atoms with E-state index in [2.05, 4.69) is 9.71 Å². The van der Waals surface area contributed by atoms with Gasteiger partial charge in [0.05, 0.1) is 16.5 Å². The van der Waals surface area contributed by atoms with Crippen LogP contribution in [0.1, 0.15) is 42.9 Å². The topological polar surface area (TPSA) is 46.9 Å². The van der Waals surface area contributed by atoms with Gasteiger partial charge in [0, 0.05) is 35.5 Å². The molecule has 2 aliphatic heterocycles. The van der Waals surface area contributed by atoms with E-state index in [-0.39, 0.29) is 29.0 Å². The Morgan fingerprint density at radius 1 is 1.22 bits per heavy atom. The molecule has 32 heavy (non-hydrogen) atoms. The van der Waals surface area contributed by atoms with Crippen molar-refractivity contribution in [2.45, 2.75) is 57.1 Å². The van der Waals surface area contributed by atoms with E-state index in [4.69, 9.17) is 0 Å². The first kappa shape index (κ1) is 21.6. The largest absolute Gasteiger partial charge is 0.417 e. The molecule has 1 aromatic carbocycles. The van der Waals surface area contributed by atoms with Gasteiger partial charge in [0.25, 0.3) is 0 Å². The van der Waals surface area contributed by atoms with Crippen LogP contribution in [-0.2, 0) is 36.7 Å². The molecule has 1 saturated carbocycles. The maximum Gasteiger partial charge on any atom is 0.417 e. The van der Waals surface area contributed by atoms with Crippen LogP contribution in [0.25, 0.3) is 22.3 Å². The number of benzene rings is 1. The molecule has 2 atom stereocenters. The molecule has 0 spiro atoms. The minimum atomic E-state index is -4.62. The molecule has 1 aliphatic carbocycles. The molecule has 4 bridgehead atoms. The number of aromatic nitrogens is 2. The van der Waals surface area contributed by atoms with Crippen LogP contribution in [0.4, 0.5) is 17.6 Å². The molecule has 6 rings (SSSR count). The molecule has 3 aliphatic rings. The van der Waals surface area contributed by atoms with Gasteiger partial charge in [0.1, 0.15) is 17.2 Å². The third-order valence-electron chi connectivity index (χ3n) is 6.20. The normalized spacial score (nSPS) is 19.8. The lowest BCUT2D eigenvalue weighted by molar-refractivity contribution is -0.137. The first-order chi connectivity index (χ1) is 15.2. The maximum atomic E-state index is 15.2. The molecular weight excluding hydrogens is 442 g/mol. The standard InChI is InChI=1S/C23H23F4N3OS/c1-13-2-3-14-4-7-17(19(8-14)23(25,26)27)21-20(24)9-18-15(10-28-32(31)16-5-6-16)12-30(11-13)22(18)29-21/h4,7-9,12-13,16,28H,2-3,5-6,10-11H2,1H3. The number of nitrogens with one attached hydrogen (secondary N) is 1. The van der Waals surface area contributed by atoms with Crippen molar-refractivity contribution in [3.8, 4) is 11.3 Å². The van der Waals surface area contributed by atoms with Crippen molar-refractivity contribution in [3.63, 3.8) is 0 Å². The van der Waals surface area contributed by atoms with Crippen LogP contribution in [0.15, 0.2) is 30.5 Å². The Kier molecular flexibility index (Phi) is 5.36. The lowest BCUT2D eigenvalue weighted by Crippen LogP contribution is -2.19. The number of rotatable bonds is 4. The van der Waals surface area contributed by atoms with E-state index in [1.54, 1.807) is 6.07 Å². The van der Waals surface area contributed by atoms with E-state index in [0.29, 0.717) is 36.0 Å². The van der Waals surface area contributed by atoms with Crippen LogP contribution in [-0.4, -0.2) is 19.0 Å². The van der Waals surface area contributed by atoms with E-state index in [1.165, 1.54) is 12.1 Å². The number of alkyl halides is 3. The smallest absolute Gasteiger partial charge is 0.332 e. The molecule has 170 valence electrons. The van der Waals surface area contributed by atoms with Gasteiger partial charge < -0.3 is 4.57 Å². The molecule has 0 amide bonds. The summed E-state index contributed by atoms with van der Waals surface area (Å²) < 4.78 is 73.7. The third-order valence-corrected chi connectivity index (χ3v) is 7.70. The average molecular weight is 466 g/mol. The predicted molar refractivity (Wildman–Crippen MR) is 116 cm³/mol. The van der Waals surface area contributed by atoms with Crippen molar-refractivity contribution in [1.82, 2.24) is 14.3 Å². The van der Waals surface area contributed by atoms with E-state index in [0.717, 1.165) is 24.5 Å². The zero-order valence-electron chi connectivity index (χ0n) is 17.5. The number of aryl methyl sites for hydroxylation is 1. The number of halogens is 4. The average Bonchev–Trinajstić information content (AvgIpc) is 3.53. The second-order valence-corrected chi connectivity index (χ2v) is 10.4. The van der Waals surface area contributed by atoms with Crippen LogP contribution < -0.4 is 4.72 Å². The molecule has 2 unspecified atom stereocenters. The minimum absolute atomic E-state index is 0.162. The van der Waals surface area contributed by atoms with Crippen molar-refractivity contribution < 1.29 is 21.8 Å². The molecule has 0 saturated heterocycles. The Bertz CT molecular complexity index is 1220. The van der Waals surface area contributed by atoms with Gasteiger partial charge in [-0.05, 0) is 54.9 Å². The van der Waals surface area contributed by atoms with Crippen molar-refractivity contribution >= 4 is 22.0 Å². The fraction of sp³-hybridized carbons (Fsp3) is 0.435. The maximum absolute atomic E-state index is 15.2. The van der Waals surface area contributed by atoms with Crippen LogP contribution >= 0.6 is 0 Å². The Labute approximate surface area is 185 Å². The molecule has 0 radical (unpaired) electrons. The second-order valence-electron chi connectivity index (χ2n) is 8.84. The van der Waals surface area contributed by atoms with E-state index in [9.17, 15) is 17.4 Å². The highest BCUT2D eigenvalue weighted by Gasteiger charge is 2.35. The number of pyridine rings is 1. The Balaban J connectivity index is 1.66. The second kappa shape index (κ2) is 7.95. The highest BCUT2D eigenvalue weighted by molar-refractivity contribution is 7.83. The molecular formula is C23H23F4N3OS. The van der Waals surface area contributed by atoms with Crippen molar-refractivity contribution in [2.75, 3.05) is 0 Å². The molecule has 3 aromatic rings. The van der Waals surface area contributed by atoms with Crippen LogP contribution in [0.5, 0.6) is 0 Å². The zero-order valence-corrected chi connectivity index (χ0v) is 18.3. The molecule has 1 N–H and O–H groups in total. The number of hydrogen-bond donors (Lipinski definition) is 1. The summed E-state index contributed by atoms with van der Waals surface area (Å²) in [6.07, 6.45) is 0.315.